The summed E-state index contributed by atoms with van der Waals surface area (Å²) in [6.45, 7) is 9.37. The SMILES string of the molecule is CC1CCCCCN1C1(CN)CSCCC1(C)C. The molecule has 2 rings (SSSR count). The van der Waals surface area contributed by atoms with E-state index in [0.29, 0.717) is 11.5 Å². The second-order valence-corrected chi connectivity index (χ2v) is 7.92. The third-order valence-corrected chi connectivity index (χ3v) is 6.59. The molecule has 2 heterocycles. The molecule has 2 fully saturated rings. The fraction of sp³-hybridized carbons (Fsp3) is 1.00. The fourth-order valence-electron chi connectivity index (χ4n) is 3.83. The van der Waals surface area contributed by atoms with E-state index in [9.17, 15) is 0 Å². The summed E-state index contributed by atoms with van der Waals surface area (Å²) < 4.78 is 0. The van der Waals surface area contributed by atoms with Crippen LogP contribution in [0.3, 0.4) is 0 Å². The number of hydrogen-bond acceptors (Lipinski definition) is 3. The molecule has 2 atom stereocenters. The summed E-state index contributed by atoms with van der Waals surface area (Å²) in [4.78, 5) is 2.78. The number of rotatable bonds is 2. The van der Waals surface area contributed by atoms with Crippen molar-refractivity contribution >= 4 is 11.8 Å². The molecular weight excluding hydrogens is 240 g/mol. The van der Waals surface area contributed by atoms with Gasteiger partial charge in [0.1, 0.15) is 0 Å². The highest BCUT2D eigenvalue weighted by atomic mass is 32.2. The number of likely N-dealkylation sites (tertiary alicyclic amines) is 1. The predicted octanol–water partition coefficient (Wildman–Crippen LogP) is 3.11. The minimum atomic E-state index is 0.222. The van der Waals surface area contributed by atoms with Gasteiger partial charge in [0.2, 0.25) is 0 Å². The Bertz CT molecular complexity index is 280. The van der Waals surface area contributed by atoms with Crippen LogP contribution in [0.2, 0.25) is 0 Å². The normalized spacial score (nSPS) is 38.3. The molecule has 0 spiro atoms. The molecule has 2 N–H and O–H groups in total. The van der Waals surface area contributed by atoms with Crippen molar-refractivity contribution in [3.05, 3.63) is 0 Å². The molecule has 2 aliphatic heterocycles. The first kappa shape index (κ1) is 14.7. The minimum Gasteiger partial charge on any atom is -0.329 e. The Morgan fingerprint density at radius 1 is 1.28 bits per heavy atom. The van der Waals surface area contributed by atoms with E-state index >= 15 is 0 Å². The summed E-state index contributed by atoms with van der Waals surface area (Å²) in [5.41, 5.74) is 6.88. The Labute approximate surface area is 117 Å². The van der Waals surface area contributed by atoms with Crippen LogP contribution in [0.25, 0.3) is 0 Å². The van der Waals surface area contributed by atoms with Crippen molar-refractivity contribution in [2.24, 2.45) is 11.1 Å². The third-order valence-electron chi connectivity index (χ3n) is 5.41. The molecule has 0 aromatic carbocycles. The van der Waals surface area contributed by atoms with Crippen molar-refractivity contribution in [2.45, 2.75) is 64.5 Å². The van der Waals surface area contributed by atoms with E-state index in [0.717, 1.165) is 6.54 Å². The minimum absolute atomic E-state index is 0.222. The van der Waals surface area contributed by atoms with Crippen LogP contribution in [0, 0.1) is 5.41 Å². The standard InChI is InChI=1S/C15H30N2S/c1-13-7-5-4-6-9-17(13)15(11-16)12-18-10-8-14(15,2)3/h13H,4-12,16H2,1-3H3. The highest BCUT2D eigenvalue weighted by Gasteiger charge is 2.51. The summed E-state index contributed by atoms with van der Waals surface area (Å²) in [5.74, 6) is 2.53. The average molecular weight is 270 g/mol. The summed E-state index contributed by atoms with van der Waals surface area (Å²) in [7, 11) is 0. The van der Waals surface area contributed by atoms with E-state index in [4.69, 9.17) is 5.73 Å². The first-order chi connectivity index (χ1) is 8.53. The van der Waals surface area contributed by atoms with Crippen LogP contribution < -0.4 is 5.73 Å². The Balaban J connectivity index is 2.28. The van der Waals surface area contributed by atoms with E-state index in [2.05, 4.69) is 37.4 Å². The largest absolute Gasteiger partial charge is 0.329 e. The van der Waals surface area contributed by atoms with Gasteiger partial charge in [-0.3, -0.25) is 4.90 Å². The first-order valence-corrected chi connectivity index (χ1v) is 8.73. The van der Waals surface area contributed by atoms with Gasteiger partial charge in [-0.25, -0.2) is 0 Å². The maximum absolute atomic E-state index is 6.30. The fourth-order valence-corrected chi connectivity index (χ4v) is 5.64. The van der Waals surface area contributed by atoms with Crippen LogP contribution in [0.15, 0.2) is 0 Å². The molecular formula is C15H30N2S. The monoisotopic (exact) mass is 270 g/mol. The summed E-state index contributed by atoms with van der Waals surface area (Å²) in [5, 5.41) is 0. The van der Waals surface area contributed by atoms with Crippen LogP contribution in [0.5, 0.6) is 0 Å². The molecule has 0 aliphatic carbocycles. The molecule has 2 unspecified atom stereocenters. The van der Waals surface area contributed by atoms with Gasteiger partial charge in [-0.05, 0) is 43.9 Å². The number of hydrogen-bond donors (Lipinski definition) is 1. The lowest BCUT2D eigenvalue weighted by atomic mass is 9.69. The van der Waals surface area contributed by atoms with Gasteiger partial charge in [0.25, 0.3) is 0 Å². The van der Waals surface area contributed by atoms with Crippen LogP contribution in [-0.2, 0) is 0 Å². The van der Waals surface area contributed by atoms with Crippen molar-refractivity contribution in [1.82, 2.24) is 4.90 Å². The van der Waals surface area contributed by atoms with E-state index < -0.39 is 0 Å². The molecule has 3 heteroatoms. The molecule has 0 aromatic rings. The quantitative estimate of drug-likeness (QED) is 0.836. The highest BCUT2D eigenvalue weighted by molar-refractivity contribution is 7.99. The zero-order chi connectivity index (χ0) is 13.2. The Morgan fingerprint density at radius 3 is 2.72 bits per heavy atom. The van der Waals surface area contributed by atoms with Gasteiger partial charge in [-0.15, -0.1) is 0 Å². The van der Waals surface area contributed by atoms with Crippen molar-refractivity contribution in [1.29, 1.82) is 0 Å². The highest BCUT2D eigenvalue weighted by Crippen LogP contribution is 2.47. The second kappa shape index (κ2) is 5.72. The lowest BCUT2D eigenvalue weighted by Gasteiger charge is -2.57. The summed E-state index contributed by atoms with van der Waals surface area (Å²) >= 11 is 2.11. The zero-order valence-electron chi connectivity index (χ0n) is 12.4. The summed E-state index contributed by atoms with van der Waals surface area (Å²) in [6, 6.07) is 0.703. The first-order valence-electron chi connectivity index (χ1n) is 7.58. The molecule has 0 amide bonds. The van der Waals surface area contributed by atoms with Crippen LogP contribution in [-0.4, -0.2) is 41.1 Å². The topological polar surface area (TPSA) is 29.3 Å². The van der Waals surface area contributed by atoms with Gasteiger partial charge in [0.15, 0.2) is 0 Å². The average Bonchev–Trinajstić information content (AvgIpc) is 2.55. The number of thioether (sulfide) groups is 1. The Kier molecular flexibility index (Phi) is 4.66. The molecule has 0 radical (unpaired) electrons. The lowest BCUT2D eigenvalue weighted by molar-refractivity contribution is -0.0219. The van der Waals surface area contributed by atoms with E-state index in [1.807, 2.05) is 0 Å². The molecule has 0 saturated carbocycles. The number of nitrogens with zero attached hydrogens (tertiary/aromatic N) is 1. The predicted molar refractivity (Wildman–Crippen MR) is 82.1 cm³/mol. The maximum Gasteiger partial charge on any atom is 0.0475 e. The van der Waals surface area contributed by atoms with Gasteiger partial charge in [-0.2, -0.15) is 11.8 Å². The second-order valence-electron chi connectivity index (χ2n) is 6.81. The van der Waals surface area contributed by atoms with Gasteiger partial charge in [-0.1, -0.05) is 26.7 Å². The zero-order valence-corrected chi connectivity index (χ0v) is 13.2. The number of nitrogens with two attached hydrogens (primary N) is 1. The van der Waals surface area contributed by atoms with Crippen LogP contribution in [0.1, 0.15) is 52.9 Å². The van der Waals surface area contributed by atoms with Crippen molar-refractivity contribution < 1.29 is 0 Å². The van der Waals surface area contributed by atoms with Crippen molar-refractivity contribution in [2.75, 3.05) is 24.6 Å². The Morgan fingerprint density at radius 2 is 2.06 bits per heavy atom. The third kappa shape index (κ3) is 2.46. The smallest absolute Gasteiger partial charge is 0.0475 e. The molecule has 106 valence electrons. The van der Waals surface area contributed by atoms with E-state index in [-0.39, 0.29) is 5.54 Å². The molecule has 0 bridgehead atoms. The van der Waals surface area contributed by atoms with Gasteiger partial charge in [0.05, 0.1) is 0 Å². The summed E-state index contributed by atoms with van der Waals surface area (Å²) in [6.07, 6.45) is 6.80. The lowest BCUT2D eigenvalue weighted by Crippen LogP contribution is -2.67. The van der Waals surface area contributed by atoms with Crippen molar-refractivity contribution in [3.63, 3.8) is 0 Å². The van der Waals surface area contributed by atoms with Gasteiger partial charge >= 0.3 is 0 Å². The van der Waals surface area contributed by atoms with E-state index in [1.54, 1.807) is 0 Å². The molecule has 2 aliphatic rings. The van der Waals surface area contributed by atoms with Crippen molar-refractivity contribution in [3.8, 4) is 0 Å². The van der Waals surface area contributed by atoms with Gasteiger partial charge in [0, 0.05) is 23.9 Å². The van der Waals surface area contributed by atoms with Gasteiger partial charge < -0.3 is 5.73 Å². The Hall–Kier alpha value is 0.270. The van der Waals surface area contributed by atoms with E-state index in [1.165, 1.54) is 50.2 Å². The molecule has 0 aromatic heterocycles. The van der Waals surface area contributed by atoms with Crippen LogP contribution in [0.4, 0.5) is 0 Å². The molecule has 18 heavy (non-hydrogen) atoms. The molecule has 2 saturated heterocycles. The maximum atomic E-state index is 6.30. The molecule has 2 nitrogen and oxygen atoms in total. The van der Waals surface area contributed by atoms with Crippen LogP contribution >= 0.6 is 11.8 Å².